The van der Waals surface area contributed by atoms with Crippen molar-refractivity contribution in [2.75, 3.05) is 0 Å². The maximum atomic E-state index is 10.9. The van der Waals surface area contributed by atoms with Gasteiger partial charge in [-0.3, -0.25) is 14.9 Å². The molecular formula is C5H7IN2O2. The van der Waals surface area contributed by atoms with E-state index in [1.54, 1.807) is 0 Å². The molecule has 0 saturated carbocycles. The van der Waals surface area contributed by atoms with Crippen molar-refractivity contribution < 1.29 is 9.59 Å². The molecule has 0 aromatic heterocycles. The fourth-order valence-electron chi connectivity index (χ4n) is 0.702. The van der Waals surface area contributed by atoms with E-state index in [-0.39, 0.29) is 11.8 Å². The predicted octanol–water partition coefficient (Wildman–Crippen LogP) is -0.487. The Morgan fingerprint density at radius 1 is 1.60 bits per heavy atom. The molecule has 0 aromatic carbocycles. The van der Waals surface area contributed by atoms with Crippen molar-refractivity contribution in [2.45, 2.75) is 16.4 Å². The number of piperidine rings is 1. The van der Waals surface area contributed by atoms with Gasteiger partial charge in [0.1, 0.15) is 3.55 Å². The van der Waals surface area contributed by atoms with E-state index in [4.69, 9.17) is 5.73 Å². The second kappa shape index (κ2) is 2.46. The summed E-state index contributed by atoms with van der Waals surface area (Å²) in [6.45, 7) is 0. The zero-order valence-electron chi connectivity index (χ0n) is 5.19. The van der Waals surface area contributed by atoms with Gasteiger partial charge >= 0.3 is 0 Å². The van der Waals surface area contributed by atoms with Crippen LogP contribution in [0, 0.1) is 0 Å². The summed E-state index contributed by atoms with van der Waals surface area (Å²) < 4.78 is -0.883. The molecule has 1 aliphatic heterocycles. The van der Waals surface area contributed by atoms with Crippen molar-refractivity contribution >= 4 is 34.4 Å². The molecule has 3 N–H and O–H groups in total. The molecule has 0 spiro atoms. The first kappa shape index (κ1) is 7.93. The van der Waals surface area contributed by atoms with Crippen LogP contribution in [0.5, 0.6) is 0 Å². The second-order valence-electron chi connectivity index (χ2n) is 2.24. The Kier molecular flexibility index (Phi) is 1.95. The molecule has 0 radical (unpaired) electrons. The van der Waals surface area contributed by atoms with Crippen molar-refractivity contribution in [2.24, 2.45) is 5.73 Å². The highest BCUT2D eigenvalue weighted by Gasteiger charge is 2.36. The van der Waals surface area contributed by atoms with Gasteiger partial charge in [0, 0.05) is 6.42 Å². The van der Waals surface area contributed by atoms with E-state index in [1.807, 2.05) is 22.6 Å². The topological polar surface area (TPSA) is 72.2 Å². The highest BCUT2D eigenvalue weighted by atomic mass is 127. The summed E-state index contributed by atoms with van der Waals surface area (Å²) in [6.07, 6.45) is 0.767. The van der Waals surface area contributed by atoms with E-state index in [9.17, 15) is 9.59 Å². The molecule has 1 rings (SSSR count). The van der Waals surface area contributed by atoms with Crippen LogP contribution in [-0.4, -0.2) is 15.4 Å². The third-order valence-electron chi connectivity index (χ3n) is 1.35. The summed E-state index contributed by atoms with van der Waals surface area (Å²) >= 11 is 1.84. The quantitative estimate of drug-likeness (QED) is 0.265. The van der Waals surface area contributed by atoms with Crippen molar-refractivity contribution in [1.29, 1.82) is 0 Å². The molecular weight excluding hydrogens is 247 g/mol. The summed E-state index contributed by atoms with van der Waals surface area (Å²) in [6, 6.07) is 0. The van der Waals surface area contributed by atoms with E-state index >= 15 is 0 Å². The van der Waals surface area contributed by atoms with E-state index in [0.717, 1.165) is 0 Å². The number of amides is 2. The van der Waals surface area contributed by atoms with Gasteiger partial charge in [0.15, 0.2) is 0 Å². The molecule has 1 unspecified atom stereocenters. The van der Waals surface area contributed by atoms with Crippen LogP contribution >= 0.6 is 22.6 Å². The van der Waals surface area contributed by atoms with Crippen molar-refractivity contribution in [3.05, 3.63) is 0 Å². The second-order valence-corrected chi connectivity index (χ2v) is 4.16. The molecule has 1 aliphatic rings. The van der Waals surface area contributed by atoms with Gasteiger partial charge in [-0.25, -0.2) is 0 Å². The molecule has 5 heteroatoms. The maximum absolute atomic E-state index is 10.9. The zero-order valence-corrected chi connectivity index (χ0v) is 7.34. The molecule has 0 bridgehead atoms. The lowest BCUT2D eigenvalue weighted by Crippen LogP contribution is -2.55. The van der Waals surface area contributed by atoms with E-state index in [1.165, 1.54) is 0 Å². The first-order valence-corrected chi connectivity index (χ1v) is 3.92. The fraction of sp³-hybridized carbons (Fsp3) is 0.600. The van der Waals surface area contributed by atoms with Gasteiger partial charge in [-0.15, -0.1) is 0 Å². The Morgan fingerprint density at radius 3 is 2.60 bits per heavy atom. The van der Waals surface area contributed by atoms with Gasteiger partial charge in [0.25, 0.3) is 5.91 Å². The SMILES string of the molecule is NC1(I)CCC(=O)NC1=O. The van der Waals surface area contributed by atoms with Gasteiger partial charge in [-0.05, 0) is 6.42 Å². The standard InChI is InChI=1S/C5H7IN2O2/c6-5(7)2-1-3(9)8-4(5)10/h1-2,7H2,(H,8,9,10). The highest BCUT2D eigenvalue weighted by Crippen LogP contribution is 2.21. The minimum absolute atomic E-state index is 0.234. The molecule has 1 saturated heterocycles. The Labute approximate surface area is 71.7 Å². The molecule has 2 amide bonds. The Hall–Kier alpha value is -0.170. The molecule has 4 nitrogen and oxygen atoms in total. The summed E-state index contributed by atoms with van der Waals surface area (Å²) in [5, 5.41) is 2.16. The Morgan fingerprint density at radius 2 is 2.20 bits per heavy atom. The molecule has 56 valence electrons. The number of carbonyl (C=O) groups is 2. The molecule has 1 heterocycles. The number of rotatable bonds is 0. The van der Waals surface area contributed by atoms with Crippen LogP contribution in [0.25, 0.3) is 0 Å². The molecule has 1 atom stereocenters. The number of hydrogen-bond donors (Lipinski definition) is 2. The molecule has 0 aliphatic carbocycles. The number of carbonyl (C=O) groups excluding carboxylic acids is 2. The Balaban J connectivity index is 2.70. The van der Waals surface area contributed by atoms with Gasteiger partial charge in [0.05, 0.1) is 0 Å². The number of alkyl halides is 1. The third kappa shape index (κ3) is 1.46. The lowest BCUT2D eigenvalue weighted by Gasteiger charge is -2.24. The van der Waals surface area contributed by atoms with Crippen LogP contribution in [0.15, 0.2) is 0 Å². The van der Waals surface area contributed by atoms with Crippen LogP contribution < -0.4 is 11.1 Å². The minimum atomic E-state index is -0.883. The summed E-state index contributed by atoms with van der Waals surface area (Å²) in [5.74, 6) is -0.618. The summed E-state index contributed by atoms with van der Waals surface area (Å²) in [5.41, 5.74) is 5.51. The van der Waals surface area contributed by atoms with Gasteiger partial charge in [0.2, 0.25) is 5.91 Å². The minimum Gasteiger partial charge on any atom is -0.309 e. The maximum Gasteiger partial charge on any atom is 0.256 e. The number of halogens is 1. The van der Waals surface area contributed by atoms with Gasteiger partial charge in [-0.1, -0.05) is 22.6 Å². The van der Waals surface area contributed by atoms with Crippen LogP contribution in [-0.2, 0) is 9.59 Å². The van der Waals surface area contributed by atoms with E-state index in [0.29, 0.717) is 12.8 Å². The lowest BCUT2D eigenvalue weighted by atomic mass is 10.1. The van der Waals surface area contributed by atoms with Crippen LogP contribution in [0.4, 0.5) is 0 Å². The molecule has 10 heavy (non-hydrogen) atoms. The monoisotopic (exact) mass is 254 g/mol. The normalized spacial score (nSPS) is 33.8. The lowest BCUT2D eigenvalue weighted by molar-refractivity contribution is -0.134. The van der Waals surface area contributed by atoms with Crippen LogP contribution in [0.1, 0.15) is 12.8 Å². The van der Waals surface area contributed by atoms with Gasteiger partial charge in [-0.2, -0.15) is 0 Å². The Bertz CT molecular complexity index is 190. The number of hydrogen-bond acceptors (Lipinski definition) is 3. The van der Waals surface area contributed by atoms with Crippen LogP contribution in [0.3, 0.4) is 0 Å². The number of imide groups is 1. The molecule has 0 aromatic rings. The average Bonchev–Trinajstić information content (AvgIpc) is 1.81. The summed E-state index contributed by atoms with van der Waals surface area (Å²) in [4.78, 5) is 21.4. The molecule has 1 fully saturated rings. The van der Waals surface area contributed by atoms with Crippen LogP contribution in [0.2, 0.25) is 0 Å². The highest BCUT2D eigenvalue weighted by molar-refractivity contribution is 14.1. The zero-order chi connectivity index (χ0) is 7.78. The number of nitrogens with one attached hydrogen (secondary N) is 1. The third-order valence-corrected chi connectivity index (χ3v) is 2.38. The van der Waals surface area contributed by atoms with Crippen molar-refractivity contribution in [1.82, 2.24) is 5.32 Å². The predicted molar refractivity (Wildman–Crippen MR) is 43.3 cm³/mol. The van der Waals surface area contributed by atoms with Crippen molar-refractivity contribution in [3.8, 4) is 0 Å². The van der Waals surface area contributed by atoms with E-state index in [2.05, 4.69) is 5.32 Å². The summed E-state index contributed by atoms with van der Waals surface area (Å²) in [7, 11) is 0. The largest absolute Gasteiger partial charge is 0.309 e. The van der Waals surface area contributed by atoms with Crippen molar-refractivity contribution in [3.63, 3.8) is 0 Å². The fourth-order valence-corrected chi connectivity index (χ4v) is 1.11. The van der Waals surface area contributed by atoms with E-state index < -0.39 is 3.55 Å². The van der Waals surface area contributed by atoms with Gasteiger partial charge < -0.3 is 5.73 Å². The smallest absolute Gasteiger partial charge is 0.256 e. The number of nitrogens with two attached hydrogens (primary N) is 1. The average molecular weight is 254 g/mol. The first-order valence-electron chi connectivity index (χ1n) is 2.84. The first-order chi connectivity index (χ1) is 4.52.